The largest absolute Gasteiger partial charge is 0.405 e. The number of nitrogens with two attached hydrogens (primary N) is 1. The minimum Gasteiger partial charge on any atom is -0.345 e. The summed E-state index contributed by atoms with van der Waals surface area (Å²) in [5, 5.41) is 2.19. The van der Waals surface area contributed by atoms with Gasteiger partial charge in [0, 0.05) is 12.1 Å². The van der Waals surface area contributed by atoms with Crippen molar-refractivity contribution >= 4 is 40.7 Å². The Bertz CT molecular complexity index is 697. The molecule has 2 atom stereocenters. The second kappa shape index (κ2) is 7.39. The number of fused-ring (bicyclic) bond motifs is 1. The number of hydrogen-bond donors (Lipinski definition) is 2. The van der Waals surface area contributed by atoms with Crippen molar-refractivity contribution in [1.82, 2.24) is 5.32 Å². The van der Waals surface area contributed by atoms with Gasteiger partial charge in [-0.1, -0.05) is 30.1 Å². The first-order valence-corrected chi connectivity index (χ1v) is 8.22. The first kappa shape index (κ1) is 19.8. The first-order chi connectivity index (χ1) is 11.6. The van der Waals surface area contributed by atoms with Crippen molar-refractivity contribution in [3.63, 3.8) is 0 Å². The molecule has 1 aromatic carbocycles. The summed E-state index contributed by atoms with van der Waals surface area (Å²) in [4.78, 5) is 25.9. The lowest BCUT2D eigenvalue weighted by atomic mass is 10.1. The molecule has 1 unspecified atom stereocenters. The third-order valence-corrected chi connectivity index (χ3v) is 4.74. The summed E-state index contributed by atoms with van der Waals surface area (Å²) in [6.07, 6.45) is -4.29. The van der Waals surface area contributed by atoms with E-state index >= 15 is 0 Å². The van der Waals surface area contributed by atoms with Crippen molar-refractivity contribution in [2.45, 2.75) is 38.0 Å². The smallest absolute Gasteiger partial charge is 0.345 e. The van der Waals surface area contributed by atoms with Crippen molar-refractivity contribution in [2.75, 3.05) is 11.4 Å². The Morgan fingerprint density at radius 1 is 1.40 bits per heavy atom. The second-order valence-corrected chi connectivity index (χ2v) is 6.42. The van der Waals surface area contributed by atoms with Gasteiger partial charge in [0.15, 0.2) is 0 Å². The van der Waals surface area contributed by atoms with E-state index in [0.29, 0.717) is 17.7 Å². The maximum atomic E-state index is 12.6. The Kier molecular flexibility index (Phi) is 5.86. The fraction of sp³-hybridized carbons (Fsp3) is 0.467. The molecule has 1 aliphatic rings. The summed E-state index contributed by atoms with van der Waals surface area (Å²) >= 11 is 12.1. The molecule has 0 radical (unpaired) electrons. The lowest BCUT2D eigenvalue weighted by Gasteiger charge is -2.27. The highest BCUT2D eigenvalue weighted by Gasteiger charge is 2.42. The highest BCUT2D eigenvalue weighted by atomic mass is 35.5. The molecule has 0 aromatic heterocycles. The number of alkyl halides is 3. The van der Waals surface area contributed by atoms with E-state index < -0.39 is 36.6 Å². The van der Waals surface area contributed by atoms with E-state index in [1.54, 1.807) is 12.2 Å². The predicted molar refractivity (Wildman–Crippen MR) is 88.8 cm³/mol. The topological polar surface area (TPSA) is 75.4 Å². The summed E-state index contributed by atoms with van der Waals surface area (Å²) in [6.45, 7) is 0.197. The molecule has 0 saturated carbocycles. The van der Waals surface area contributed by atoms with Gasteiger partial charge >= 0.3 is 6.18 Å². The molecular formula is C15H16Cl2F3N3O2. The van der Waals surface area contributed by atoms with Gasteiger partial charge in [-0.2, -0.15) is 13.2 Å². The van der Waals surface area contributed by atoms with E-state index in [4.69, 9.17) is 28.9 Å². The van der Waals surface area contributed by atoms with Gasteiger partial charge in [-0.15, -0.1) is 0 Å². The zero-order valence-electron chi connectivity index (χ0n) is 13.2. The molecule has 1 heterocycles. The molecular weight excluding hydrogens is 382 g/mol. The standard InChI is InChI=1S/C15H16Cl2F3N3O2/c1-2-9(21)14(25)23-10-4-3-8(16)12(17)7(10)5-11(23)13(24)22-6-15(18,19)20/h3-4,9,11H,2,5-6,21H2,1H3,(H,22,24)/t9-,11?/m0/s1. The summed E-state index contributed by atoms with van der Waals surface area (Å²) < 4.78 is 37.1. The third-order valence-electron chi connectivity index (χ3n) is 3.90. The number of benzene rings is 1. The monoisotopic (exact) mass is 397 g/mol. The fourth-order valence-corrected chi connectivity index (χ4v) is 3.01. The van der Waals surface area contributed by atoms with Crippen LogP contribution in [0.1, 0.15) is 18.9 Å². The zero-order valence-corrected chi connectivity index (χ0v) is 14.7. The van der Waals surface area contributed by atoms with Gasteiger partial charge in [0.2, 0.25) is 11.8 Å². The van der Waals surface area contributed by atoms with Crippen molar-refractivity contribution in [1.29, 1.82) is 0 Å². The van der Waals surface area contributed by atoms with E-state index in [1.807, 2.05) is 0 Å². The minimum atomic E-state index is -4.56. The van der Waals surface area contributed by atoms with Gasteiger partial charge in [-0.05, 0) is 24.1 Å². The molecule has 5 nitrogen and oxygen atoms in total. The summed E-state index contributed by atoms with van der Waals surface area (Å²) in [5.74, 6) is -1.50. The van der Waals surface area contributed by atoms with E-state index in [-0.39, 0.29) is 16.5 Å². The van der Waals surface area contributed by atoms with Crippen LogP contribution in [-0.2, 0) is 16.0 Å². The highest BCUT2D eigenvalue weighted by Crippen LogP contribution is 2.40. The minimum absolute atomic E-state index is 0.0411. The number of carbonyl (C=O) groups excluding carboxylic acids is 2. The van der Waals surface area contributed by atoms with Gasteiger partial charge in [0.05, 0.1) is 16.1 Å². The molecule has 10 heteroatoms. The molecule has 25 heavy (non-hydrogen) atoms. The van der Waals surface area contributed by atoms with Crippen LogP contribution in [0.2, 0.25) is 10.0 Å². The van der Waals surface area contributed by atoms with Gasteiger partial charge in [-0.3, -0.25) is 14.5 Å². The molecule has 0 aliphatic carbocycles. The van der Waals surface area contributed by atoms with Gasteiger partial charge in [0.25, 0.3) is 0 Å². The summed E-state index contributed by atoms with van der Waals surface area (Å²) in [5.41, 5.74) is 6.52. The Hall–Kier alpha value is -1.51. The normalized spacial score (nSPS) is 18.0. The van der Waals surface area contributed by atoms with Crippen LogP contribution in [0.5, 0.6) is 0 Å². The number of nitrogens with zero attached hydrogens (tertiary/aromatic N) is 1. The van der Waals surface area contributed by atoms with Crippen LogP contribution in [0.15, 0.2) is 12.1 Å². The molecule has 2 rings (SSSR count). The first-order valence-electron chi connectivity index (χ1n) is 7.46. The third kappa shape index (κ3) is 4.19. The van der Waals surface area contributed by atoms with Crippen LogP contribution >= 0.6 is 23.2 Å². The highest BCUT2D eigenvalue weighted by molar-refractivity contribution is 6.43. The molecule has 2 amide bonds. The quantitative estimate of drug-likeness (QED) is 0.819. The summed E-state index contributed by atoms with van der Waals surface area (Å²) in [6, 6.07) is 0.897. The number of hydrogen-bond acceptors (Lipinski definition) is 3. The lowest BCUT2D eigenvalue weighted by Crippen LogP contribution is -2.53. The number of amides is 2. The fourth-order valence-electron chi connectivity index (χ4n) is 2.60. The van der Waals surface area contributed by atoms with Gasteiger partial charge in [0.1, 0.15) is 12.6 Å². The average Bonchev–Trinajstić information content (AvgIpc) is 2.94. The molecule has 0 saturated heterocycles. The average molecular weight is 398 g/mol. The maximum Gasteiger partial charge on any atom is 0.405 e. The Balaban J connectivity index is 2.37. The van der Waals surface area contributed by atoms with Crippen molar-refractivity contribution in [3.05, 3.63) is 27.7 Å². The van der Waals surface area contributed by atoms with Crippen LogP contribution in [0.25, 0.3) is 0 Å². The van der Waals surface area contributed by atoms with E-state index in [0.717, 1.165) is 4.90 Å². The number of nitrogens with one attached hydrogen (secondary N) is 1. The Morgan fingerprint density at radius 3 is 2.60 bits per heavy atom. The number of carbonyl (C=O) groups is 2. The molecule has 3 N–H and O–H groups in total. The maximum absolute atomic E-state index is 12.6. The van der Waals surface area contributed by atoms with E-state index in [9.17, 15) is 22.8 Å². The molecule has 1 aromatic rings. The SMILES string of the molecule is CC[C@H](N)C(=O)N1c2ccc(Cl)c(Cl)c2CC1C(=O)NCC(F)(F)F. The van der Waals surface area contributed by atoms with Crippen LogP contribution in [0, 0.1) is 0 Å². The molecule has 0 fully saturated rings. The van der Waals surface area contributed by atoms with Crippen molar-refractivity contribution in [3.8, 4) is 0 Å². The second-order valence-electron chi connectivity index (χ2n) is 5.63. The number of rotatable bonds is 4. The van der Waals surface area contributed by atoms with Crippen LogP contribution in [-0.4, -0.2) is 36.6 Å². The van der Waals surface area contributed by atoms with E-state index in [1.165, 1.54) is 12.1 Å². The Labute approximate surface area is 152 Å². The number of halogens is 5. The van der Waals surface area contributed by atoms with Crippen LogP contribution in [0.3, 0.4) is 0 Å². The number of anilines is 1. The van der Waals surface area contributed by atoms with Crippen molar-refractivity contribution < 1.29 is 22.8 Å². The van der Waals surface area contributed by atoms with Gasteiger partial charge < -0.3 is 11.1 Å². The Morgan fingerprint density at radius 2 is 2.04 bits per heavy atom. The molecule has 0 spiro atoms. The lowest BCUT2D eigenvalue weighted by molar-refractivity contribution is -0.139. The van der Waals surface area contributed by atoms with Crippen LogP contribution in [0.4, 0.5) is 18.9 Å². The molecule has 0 bridgehead atoms. The van der Waals surface area contributed by atoms with Crippen LogP contribution < -0.4 is 16.0 Å². The van der Waals surface area contributed by atoms with Gasteiger partial charge in [-0.25, -0.2) is 0 Å². The zero-order chi connectivity index (χ0) is 18.9. The molecule has 1 aliphatic heterocycles. The molecule has 138 valence electrons. The van der Waals surface area contributed by atoms with E-state index in [2.05, 4.69) is 0 Å². The summed E-state index contributed by atoms with van der Waals surface area (Å²) in [7, 11) is 0. The predicted octanol–water partition coefficient (Wildman–Crippen LogP) is 2.67. The van der Waals surface area contributed by atoms with Crippen molar-refractivity contribution in [2.24, 2.45) is 5.73 Å².